The third-order valence-corrected chi connectivity index (χ3v) is 7.36. The number of rotatable bonds is 7. The normalized spacial score (nSPS) is 11.5. The molecule has 0 atom stereocenters. The Balaban J connectivity index is 1.37. The van der Waals surface area contributed by atoms with Crippen LogP contribution in [0.3, 0.4) is 0 Å². The van der Waals surface area contributed by atoms with Gasteiger partial charge in [-0.15, -0.1) is 11.3 Å². The van der Waals surface area contributed by atoms with E-state index in [1.807, 2.05) is 62.6 Å². The summed E-state index contributed by atoms with van der Waals surface area (Å²) in [5.41, 5.74) is 6.66. The molecule has 1 aromatic carbocycles. The fourth-order valence-electron chi connectivity index (χ4n) is 4.38. The van der Waals surface area contributed by atoms with E-state index in [1.165, 1.54) is 11.3 Å². The number of likely N-dealkylation sites (N-methyl/N-ethyl adjacent to an activating group) is 1. The molecule has 0 bridgehead atoms. The molecule has 5 heterocycles. The number of hydrogen-bond donors (Lipinski definition) is 3. The van der Waals surface area contributed by atoms with Gasteiger partial charge in [-0.2, -0.15) is 5.10 Å². The number of H-pyrrole nitrogens is 2. The fourth-order valence-corrected chi connectivity index (χ4v) is 5.30. The van der Waals surface area contributed by atoms with Crippen LogP contribution in [0.5, 0.6) is 0 Å². The molecular weight excluding hydrogens is 512 g/mol. The zero-order valence-electron chi connectivity index (χ0n) is 21.4. The first kappa shape index (κ1) is 24.6. The maximum Gasteiger partial charge on any atom is 0.238 e. The van der Waals surface area contributed by atoms with E-state index in [1.54, 1.807) is 24.2 Å². The first-order valence-corrected chi connectivity index (χ1v) is 13.0. The number of amides is 1. The number of nitrogens with zero attached hydrogens (tertiary/aromatic N) is 5. The second-order valence-corrected chi connectivity index (χ2v) is 10.5. The highest BCUT2D eigenvalue weighted by Gasteiger charge is 2.18. The molecule has 5 aromatic heterocycles. The molecule has 3 N–H and O–H groups in total. The van der Waals surface area contributed by atoms with Crippen molar-refractivity contribution in [2.75, 3.05) is 26.0 Å². The van der Waals surface area contributed by atoms with Crippen LogP contribution < -0.4 is 5.32 Å². The summed E-state index contributed by atoms with van der Waals surface area (Å²) in [5, 5.41) is 10.4. The monoisotopic (exact) mass is 536 g/mol. The van der Waals surface area contributed by atoms with E-state index in [4.69, 9.17) is 9.97 Å². The number of carbonyl (C=O) groups excluding carboxylic acids is 2. The summed E-state index contributed by atoms with van der Waals surface area (Å²) < 4.78 is 0. The van der Waals surface area contributed by atoms with E-state index in [2.05, 4.69) is 25.5 Å². The maximum atomic E-state index is 12.2. The topological polar surface area (TPSA) is 133 Å². The lowest BCUT2D eigenvalue weighted by Gasteiger charge is -2.10. The second-order valence-electron chi connectivity index (χ2n) is 9.42. The van der Waals surface area contributed by atoms with Crippen molar-refractivity contribution in [1.29, 1.82) is 0 Å². The number of carbonyl (C=O) groups is 2. The van der Waals surface area contributed by atoms with E-state index >= 15 is 0 Å². The molecular formula is C28H24N8O2S. The lowest BCUT2D eigenvalue weighted by atomic mass is 10.1. The molecule has 194 valence electrons. The van der Waals surface area contributed by atoms with Crippen LogP contribution in [-0.2, 0) is 4.79 Å². The largest absolute Gasteiger partial charge is 0.336 e. The van der Waals surface area contributed by atoms with Gasteiger partial charge in [-0.25, -0.2) is 9.97 Å². The Kier molecular flexibility index (Phi) is 6.21. The summed E-state index contributed by atoms with van der Waals surface area (Å²) in [6, 6.07) is 15.4. The predicted molar refractivity (Wildman–Crippen MR) is 153 cm³/mol. The van der Waals surface area contributed by atoms with Crippen molar-refractivity contribution >= 4 is 50.8 Å². The summed E-state index contributed by atoms with van der Waals surface area (Å²) in [5.74, 6) is 0.506. The Labute approximate surface area is 227 Å². The Bertz CT molecular complexity index is 1870. The second kappa shape index (κ2) is 9.86. The number of aromatic amines is 2. The molecule has 0 unspecified atom stereocenters. The zero-order valence-corrected chi connectivity index (χ0v) is 22.3. The minimum atomic E-state index is -0.121. The van der Waals surface area contributed by atoms with Crippen molar-refractivity contribution in [3.63, 3.8) is 0 Å². The Hall–Kier alpha value is -4.74. The number of hydrogen-bond acceptors (Lipinski definition) is 8. The molecule has 6 aromatic rings. The Morgan fingerprint density at radius 3 is 2.67 bits per heavy atom. The summed E-state index contributed by atoms with van der Waals surface area (Å²) >= 11 is 1.45. The van der Waals surface area contributed by atoms with Crippen molar-refractivity contribution in [2.24, 2.45) is 0 Å². The first-order valence-electron chi connectivity index (χ1n) is 12.2. The number of benzene rings is 1. The summed E-state index contributed by atoms with van der Waals surface area (Å²) in [4.78, 5) is 44.9. The van der Waals surface area contributed by atoms with Crippen LogP contribution >= 0.6 is 11.3 Å². The third kappa shape index (κ3) is 4.80. The number of imidazole rings is 1. The summed E-state index contributed by atoms with van der Waals surface area (Å²) in [6.07, 6.45) is 3.32. The van der Waals surface area contributed by atoms with E-state index in [0.717, 1.165) is 32.6 Å². The SMILES string of the molecule is CC(=O)c1ccc(-c2cccc3[nH]c(-c4n[nH]c5ccc(-c6cncc(NC(=O)CN(C)C)c6)nc45)nc23)s1. The van der Waals surface area contributed by atoms with Gasteiger partial charge in [-0.3, -0.25) is 19.7 Å². The smallest absolute Gasteiger partial charge is 0.238 e. The number of anilines is 1. The lowest BCUT2D eigenvalue weighted by Crippen LogP contribution is -2.27. The molecule has 0 aliphatic carbocycles. The molecule has 0 saturated heterocycles. The molecule has 0 spiro atoms. The number of ketones is 1. The van der Waals surface area contributed by atoms with Crippen LogP contribution in [0.2, 0.25) is 0 Å². The van der Waals surface area contributed by atoms with Crippen LogP contribution in [0.15, 0.2) is 60.9 Å². The molecule has 0 saturated carbocycles. The quantitative estimate of drug-likeness (QED) is 0.245. The van der Waals surface area contributed by atoms with Crippen molar-refractivity contribution in [1.82, 2.24) is 35.0 Å². The van der Waals surface area contributed by atoms with Gasteiger partial charge >= 0.3 is 0 Å². The predicted octanol–water partition coefficient (Wildman–Crippen LogP) is 4.99. The van der Waals surface area contributed by atoms with Gasteiger partial charge in [0.15, 0.2) is 17.3 Å². The summed E-state index contributed by atoms with van der Waals surface area (Å²) in [6.45, 7) is 1.84. The molecule has 6 rings (SSSR count). The average Bonchev–Trinajstić information content (AvgIpc) is 3.65. The van der Waals surface area contributed by atoms with Crippen LogP contribution in [0.4, 0.5) is 5.69 Å². The Morgan fingerprint density at radius 1 is 1.00 bits per heavy atom. The highest BCUT2D eigenvalue weighted by Crippen LogP contribution is 2.35. The molecule has 0 aliphatic rings. The number of aromatic nitrogens is 6. The van der Waals surface area contributed by atoms with Crippen molar-refractivity contribution in [2.45, 2.75) is 6.92 Å². The van der Waals surface area contributed by atoms with Gasteiger partial charge in [0, 0.05) is 22.2 Å². The van der Waals surface area contributed by atoms with E-state index < -0.39 is 0 Å². The maximum absolute atomic E-state index is 12.2. The van der Waals surface area contributed by atoms with E-state index in [-0.39, 0.29) is 18.2 Å². The van der Waals surface area contributed by atoms with Crippen molar-refractivity contribution in [3.05, 3.63) is 65.8 Å². The highest BCUT2D eigenvalue weighted by molar-refractivity contribution is 7.17. The Morgan fingerprint density at radius 2 is 1.87 bits per heavy atom. The third-order valence-electron chi connectivity index (χ3n) is 6.14. The lowest BCUT2D eigenvalue weighted by molar-refractivity contribution is -0.116. The molecule has 39 heavy (non-hydrogen) atoms. The minimum Gasteiger partial charge on any atom is -0.336 e. The number of pyridine rings is 2. The zero-order chi connectivity index (χ0) is 27.1. The van der Waals surface area contributed by atoms with Crippen LogP contribution in [0, 0.1) is 0 Å². The number of fused-ring (bicyclic) bond motifs is 2. The molecule has 0 aliphatic heterocycles. The van der Waals surface area contributed by atoms with Gasteiger partial charge in [-0.05, 0) is 57.4 Å². The summed E-state index contributed by atoms with van der Waals surface area (Å²) in [7, 11) is 3.68. The van der Waals surface area contributed by atoms with E-state index in [9.17, 15) is 9.59 Å². The number of Topliss-reactive ketones (excluding diaryl/α,β-unsaturated/α-hetero) is 1. The van der Waals surface area contributed by atoms with Gasteiger partial charge in [0.2, 0.25) is 5.91 Å². The molecule has 10 nitrogen and oxygen atoms in total. The number of para-hydroxylation sites is 1. The van der Waals surface area contributed by atoms with Gasteiger partial charge in [-0.1, -0.05) is 12.1 Å². The standard InChI is InChI=1S/C28H24N8O2S/c1-15(37)22-9-10-23(39-22)18-5-4-6-20-25(18)33-28(32-20)27-26-21(34-35-27)8-7-19(31-26)16-11-17(13-29-12-16)30-24(38)14-36(2)3/h4-13H,14H2,1-3H3,(H,30,38)(H,32,33)(H,34,35). The molecule has 1 amide bonds. The van der Waals surface area contributed by atoms with Crippen LogP contribution in [0.25, 0.3) is 55.3 Å². The molecule has 0 radical (unpaired) electrons. The van der Waals surface area contributed by atoms with Crippen molar-refractivity contribution in [3.8, 4) is 33.2 Å². The van der Waals surface area contributed by atoms with E-state index in [0.29, 0.717) is 33.3 Å². The van der Waals surface area contributed by atoms with Gasteiger partial charge in [0.25, 0.3) is 0 Å². The van der Waals surface area contributed by atoms with Crippen LogP contribution in [0.1, 0.15) is 16.6 Å². The number of thiophene rings is 1. The van der Waals surface area contributed by atoms with Gasteiger partial charge in [0.05, 0.1) is 45.6 Å². The fraction of sp³-hybridized carbons (Fsp3) is 0.143. The number of nitrogens with one attached hydrogen (secondary N) is 3. The minimum absolute atomic E-state index is 0.0442. The average molecular weight is 537 g/mol. The molecule has 0 fully saturated rings. The first-order chi connectivity index (χ1) is 18.9. The molecule has 11 heteroatoms. The van der Waals surface area contributed by atoms with Crippen LogP contribution in [-0.4, -0.2) is 67.4 Å². The van der Waals surface area contributed by atoms with Gasteiger partial charge in [0.1, 0.15) is 5.52 Å². The van der Waals surface area contributed by atoms with Gasteiger partial charge < -0.3 is 15.2 Å². The highest BCUT2D eigenvalue weighted by atomic mass is 32.1. The van der Waals surface area contributed by atoms with Crippen molar-refractivity contribution < 1.29 is 9.59 Å².